The minimum atomic E-state index is -4.42. The average Bonchev–Trinajstić information content (AvgIpc) is 3.12. The molecule has 2 aromatic rings. The molecule has 0 bridgehead atoms. The van der Waals surface area contributed by atoms with E-state index in [0.29, 0.717) is 11.3 Å². The number of hydrogen-bond donors (Lipinski definition) is 1. The maximum Gasteiger partial charge on any atom is 0.416 e. The molecule has 0 saturated carbocycles. The first-order valence-electron chi connectivity index (χ1n) is 7.35. The van der Waals surface area contributed by atoms with Gasteiger partial charge in [-0.15, -0.1) is 0 Å². The number of aryl methyl sites for hydroxylation is 1. The van der Waals surface area contributed by atoms with Crippen LogP contribution in [0.1, 0.15) is 39.8 Å². The summed E-state index contributed by atoms with van der Waals surface area (Å²) >= 11 is 0. The lowest BCUT2D eigenvalue weighted by Crippen LogP contribution is -2.31. The number of aromatic nitrogens is 1. The highest BCUT2D eigenvalue weighted by Gasteiger charge is 2.37. The van der Waals surface area contributed by atoms with Crippen molar-refractivity contribution >= 4 is 5.91 Å². The van der Waals surface area contributed by atoms with Crippen LogP contribution in [0.5, 0.6) is 0 Å². The quantitative estimate of drug-likeness (QED) is 0.913. The van der Waals surface area contributed by atoms with Gasteiger partial charge in [0, 0.05) is 12.6 Å². The normalized spacial score (nSPS) is 21.3. The number of amides is 1. The molecule has 1 aromatic heterocycles. The lowest BCUT2D eigenvalue weighted by atomic mass is 10.0. The molecule has 128 valence electrons. The van der Waals surface area contributed by atoms with Gasteiger partial charge in [-0.2, -0.15) is 13.2 Å². The van der Waals surface area contributed by atoms with E-state index in [1.807, 2.05) is 0 Å². The number of carbonyl (C=O) groups is 1. The van der Waals surface area contributed by atoms with Crippen molar-refractivity contribution in [1.29, 1.82) is 0 Å². The van der Waals surface area contributed by atoms with Crippen LogP contribution in [0.15, 0.2) is 34.9 Å². The Morgan fingerprint density at radius 2 is 2.00 bits per heavy atom. The van der Waals surface area contributed by atoms with Gasteiger partial charge >= 0.3 is 6.18 Å². The highest BCUT2D eigenvalue weighted by atomic mass is 19.4. The lowest BCUT2D eigenvalue weighted by Gasteiger charge is -2.23. The number of hydrogen-bond acceptors (Lipinski definition) is 4. The van der Waals surface area contributed by atoms with Gasteiger partial charge in [0.15, 0.2) is 0 Å². The van der Waals surface area contributed by atoms with E-state index in [4.69, 9.17) is 4.52 Å². The third kappa shape index (κ3) is 3.14. The van der Waals surface area contributed by atoms with Gasteiger partial charge in [0.1, 0.15) is 0 Å². The fraction of sp³-hybridized carbons (Fsp3) is 0.375. The Bertz CT molecular complexity index is 740. The Morgan fingerprint density at radius 3 is 2.54 bits per heavy atom. The minimum Gasteiger partial charge on any atom is -0.391 e. The number of halogens is 3. The number of aliphatic hydroxyl groups excluding tert-OH is 1. The smallest absolute Gasteiger partial charge is 0.391 e. The zero-order valence-electron chi connectivity index (χ0n) is 12.7. The van der Waals surface area contributed by atoms with Crippen LogP contribution in [0.25, 0.3) is 0 Å². The minimum absolute atomic E-state index is 0.0403. The third-order valence-corrected chi connectivity index (χ3v) is 4.00. The van der Waals surface area contributed by atoms with Gasteiger partial charge in [-0.25, -0.2) is 0 Å². The summed E-state index contributed by atoms with van der Waals surface area (Å²) < 4.78 is 42.9. The van der Waals surface area contributed by atoms with E-state index in [1.54, 1.807) is 6.92 Å². The first-order valence-corrected chi connectivity index (χ1v) is 7.35. The zero-order valence-corrected chi connectivity index (χ0v) is 12.7. The maximum absolute atomic E-state index is 12.7. The van der Waals surface area contributed by atoms with Crippen LogP contribution in [-0.2, 0) is 6.18 Å². The molecule has 1 amide bonds. The molecular formula is C16H15F3N2O3. The van der Waals surface area contributed by atoms with Crippen molar-refractivity contribution in [3.05, 3.63) is 52.9 Å². The van der Waals surface area contributed by atoms with Gasteiger partial charge in [-0.1, -0.05) is 17.3 Å². The standard InChI is InChI=1S/C16H15F3N2O3/c1-9-6-14(24-20-9)15(23)21-8-12(22)7-13(21)10-2-4-11(5-3-10)16(17,18)19/h2-6,12-13,22H,7-8H2,1H3. The van der Waals surface area contributed by atoms with Gasteiger partial charge in [0.25, 0.3) is 5.91 Å². The first kappa shape index (κ1) is 16.5. The van der Waals surface area contributed by atoms with E-state index in [9.17, 15) is 23.1 Å². The molecule has 1 aliphatic heterocycles. The third-order valence-electron chi connectivity index (χ3n) is 4.00. The molecule has 24 heavy (non-hydrogen) atoms. The van der Waals surface area contributed by atoms with Crippen molar-refractivity contribution in [3.63, 3.8) is 0 Å². The van der Waals surface area contributed by atoms with Gasteiger partial charge < -0.3 is 14.5 Å². The Kier molecular flexibility index (Phi) is 4.08. The predicted molar refractivity (Wildman–Crippen MR) is 77.1 cm³/mol. The molecule has 8 heteroatoms. The highest BCUT2D eigenvalue weighted by molar-refractivity contribution is 5.92. The Labute approximate surface area is 135 Å². The lowest BCUT2D eigenvalue weighted by molar-refractivity contribution is -0.137. The average molecular weight is 340 g/mol. The molecule has 1 fully saturated rings. The van der Waals surface area contributed by atoms with Crippen molar-refractivity contribution in [2.75, 3.05) is 6.54 Å². The van der Waals surface area contributed by atoms with Crippen LogP contribution < -0.4 is 0 Å². The molecule has 0 aliphatic carbocycles. The van der Waals surface area contributed by atoms with E-state index >= 15 is 0 Å². The summed E-state index contributed by atoms with van der Waals surface area (Å²) in [5, 5.41) is 13.6. The number of rotatable bonds is 2. The van der Waals surface area contributed by atoms with Crippen molar-refractivity contribution < 1.29 is 27.6 Å². The summed E-state index contributed by atoms with van der Waals surface area (Å²) in [4.78, 5) is 13.9. The number of carbonyl (C=O) groups excluding carboxylic acids is 1. The van der Waals surface area contributed by atoms with Crippen LogP contribution in [0.2, 0.25) is 0 Å². The van der Waals surface area contributed by atoms with E-state index in [1.165, 1.54) is 23.1 Å². The molecule has 1 N–H and O–H groups in total. The zero-order chi connectivity index (χ0) is 17.5. The number of aliphatic hydroxyl groups is 1. The summed E-state index contributed by atoms with van der Waals surface area (Å²) in [6.45, 7) is 1.76. The molecule has 3 rings (SSSR count). The Morgan fingerprint density at radius 1 is 1.33 bits per heavy atom. The first-order chi connectivity index (χ1) is 11.3. The van der Waals surface area contributed by atoms with Crippen molar-refractivity contribution in [2.24, 2.45) is 0 Å². The van der Waals surface area contributed by atoms with Crippen LogP contribution in [0.4, 0.5) is 13.2 Å². The van der Waals surface area contributed by atoms with Gasteiger partial charge in [-0.3, -0.25) is 4.79 Å². The van der Waals surface area contributed by atoms with Crippen LogP contribution >= 0.6 is 0 Å². The summed E-state index contributed by atoms with van der Waals surface area (Å²) in [5.41, 5.74) is 0.321. The molecule has 1 aromatic carbocycles. The van der Waals surface area contributed by atoms with E-state index in [0.717, 1.165) is 12.1 Å². The highest BCUT2D eigenvalue weighted by Crippen LogP contribution is 2.35. The number of alkyl halides is 3. The Hall–Kier alpha value is -2.35. The molecule has 1 aliphatic rings. The second-order valence-electron chi connectivity index (χ2n) is 5.82. The van der Waals surface area contributed by atoms with Crippen LogP contribution in [-0.4, -0.2) is 33.7 Å². The number of β-amino-alcohol motifs (C(OH)–C–C–N with tert-alkyl or cyclic N) is 1. The Balaban J connectivity index is 1.86. The van der Waals surface area contributed by atoms with Gasteiger partial charge in [-0.05, 0) is 31.0 Å². The summed E-state index contributed by atoms with van der Waals surface area (Å²) in [5.74, 6) is -0.407. The van der Waals surface area contributed by atoms with Crippen molar-refractivity contribution in [3.8, 4) is 0 Å². The summed E-state index contributed by atoms with van der Waals surface area (Å²) in [6, 6.07) is 5.58. The summed E-state index contributed by atoms with van der Waals surface area (Å²) in [7, 11) is 0. The van der Waals surface area contributed by atoms with Crippen LogP contribution in [0.3, 0.4) is 0 Å². The molecule has 5 nitrogen and oxygen atoms in total. The van der Waals surface area contributed by atoms with Gasteiger partial charge in [0.2, 0.25) is 5.76 Å². The summed E-state index contributed by atoms with van der Waals surface area (Å²) in [6.07, 6.45) is -4.91. The predicted octanol–water partition coefficient (Wildman–Crippen LogP) is 2.95. The second kappa shape index (κ2) is 5.94. The molecular weight excluding hydrogens is 325 g/mol. The number of likely N-dealkylation sites (tertiary alicyclic amines) is 1. The van der Waals surface area contributed by atoms with Crippen molar-refractivity contribution in [2.45, 2.75) is 31.7 Å². The van der Waals surface area contributed by atoms with Crippen molar-refractivity contribution in [1.82, 2.24) is 10.1 Å². The van der Waals surface area contributed by atoms with E-state index < -0.39 is 29.8 Å². The number of benzene rings is 1. The molecule has 1 saturated heterocycles. The fourth-order valence-corrected chi connectivity index (χ4v) is 2.85. The fourth-order valence-electron chi connectivity index (χ4n) is 2.85. The molecule has 0 spiro atoms. The largest absolute Gasteiger partial charge is 0.416 e. The topological polar surface area (TPSA) is 66.6 Å². The monoisotopic (exact) mass is 340 g/mol. The SMILES string of the molecule is Cc1cc(C(=O)N2CC(O)CC2c2ccc(C(F)(F)F)cc2)on1. The molecule has 2 unspecified atom stereocenters. The molecule has 2 atom stereocenters. The molecule has 2 heterocycles. The maximum atomic E-state index is 12.7. The van der Waals surface area contributed by atoms with E-state index in [2.05, 4.69) is 5.16 Å². The van der Waals surface area contributed by atoms with Crippen LogP contribution in [0, 0.1) is 6.92 Å². The second-order valence-corrected chi connectivity index (χ2v) is 5.82. The number of nitrogens with zero attached hydrogens (tertiary/aromatic N) is 2. The molecule has 0 radical (unpaired) electrons. The van der Waals surface area contributed by atoms with E-state index in [-0.39, 0.29) is 18.7 Å². The van der Waals surface area contributed by atoms with Gasteiger partial charge in [0.05, 0.1) is 23.4 Å².